The van der Waals surface area contributed by atoms with Gasteiger partial charge in [0.25, 0.3) is 0 Å². The Morgan fingerprint density at radius 2 is 1.41 bits per heavy atom. The number of unbranched alkanes of at least 4 members (excludes halogenated alkanes) is 5. The molecule has 0 saturated carbocycles. The molecule has 0 radical (unpaired) electrons. The fourth-order valence-corrected chi connectivity index (χ4v) is 1.81. The predicted molar refractivity (Wildman–Crippen MR) is 75.3 cm³/mol. The quantitative estimate of drug-likeness (QED) is 0.555. The molecule has 0 saturated heterocycles. The molecule has 0 aliphatic carbocycles. The van der Waals surface area contributed by atoms with Crippen LogP contribution in [-0.4, -0.2) is 18.4 Å². The molecule has 102 valence electrons. The highest BCUT2D eigenvalue weighted by atomic mass is 16.1. The summed E-state index contributed by atoms with van der Waals surface area (Å²) < 4.78 is 0. The van der Waals surface area contributed by atoms with Crippen LogP contribution in [0.1, 0.15) is 72.6 Å². The fourth-order valence-electron chi connectivity index (χ4n) is 1.81. The molecule has 0 aliphatic heterocycles. The molecule has 0 atom stereocenters. The molecule has 0 rings (SSSR count). The Balaban J connectivity index is 3.11. The minimum atomic E-state index is 0.220. The van der Waals surface area contributed by atoms with Crippen LogP contribution in [0.5, 0.6) is 0 Å². The van der Waals surface area contributed by atoms with Gasteiger partial charge < -0.3 is 5.32 Å². The average Bonchev–Trinajstić information content (AvgIpc) is 2.25. The normalized spacial score (nSPS) is 11.4. The van der Waals surface area contributed by atoms with Crippen molar-refractivity contribution in [3.63, 3.8) is 0 Å². The summed E-state index contributed by atoms with van der Waals surface area (Å²) in [6.45, 7) is 9.50. The van der Waals surface area contributed by atoms with Crippen molar-refractivity contribution in [2.75, 3.05) is 6.54 Å². The summed E-state index contributed by atoms with van der Waals surface area (Å²) in [4.78, 5) is 11.4. The number of ketones is 1. The minimum Gasteiger partial charge on any atom is -0.315 e. The number of hydrogen-bond acceptors (Lipinski definition) is 2. The highest BCUT2D eigenvalue weighted by Crippen LogP contribution is 2.09. The Hall–Kier alpha value is -0.370. The molecule has 0 aromatic rings. The summed E-state index contributed by atoms with van der Waals surface area (Å²) >= 11 is 0. The second-order valence-corrected chi connectivity index (χ2v) is 5.60. The molecule has 0 heterocycles. The maximum Gasteiger partial charge on any atom is 0.135 e. The summed E-state index contributed by atoms with van der Waals surface area (Å²) in [5, 5.41) is 3.43. The van der Waals surface area contributed by atoms with E-state index in [-0.39, 0.29) is 5.92 Å². The second kappa shape index (κ2) is 10.8. The molecule has 0 amide bonds. The third-order valence-electron chi connectivity index (χ3n) is 3.05. The number of Topliss-reactive ketones (excluding diaryl/α,β-unsaturated/α-hetero) is 1. The van der Waals surface area contributed by atoms with Crippen LogP contribution in [0.15, 0.2) is 0 Å². The minimum absolute atomic E-state index is 0.220. The summed E-state index contributed by atoms with van der Waals surface area (Å²) in [5.41, 5.74) is 0. The number of rotatable bonds is 11. The van der Waals surface area contributed by atoms with Crippen LogP contribution in [0.2, 0.25) is 0 Å². The van der Waals surface area contributed by atoms with Crippen molar-refractivity contribution < 1.29 is 4.79 Å². The summed E-state index contributed by atoms with van der Waals surface area (Å²) in [7, 11) is 0. The van der Waals surface area contributed by atoms with Crippen LogP contribution in [0.25, 0.3) is 0 Å². The monoisotopic (exact) mass is 241 g/mol. The van der Waals surface area contributed by atoms with Gasteiger partial charge in [0.15, 0.2) is 0 Å². The van der Waals surface area contributed by atoms with E-state index in [0.717, 1.165) is 19.4 Å². The Morgan fingerprint density at radius 3 is 1.94 bits per heavy atom. The van der Waals surface area contributed by atoms with Crippen molar-refractivity contribution >= 4 is 5.78 Å². The van der Waals surface area contributed by atoms with Crippen LogP contribution in [0, 0.1) is 5.92 Å². The number of carbonyl (C=O) groups is 1. The molecule has 0 fully saturated rings. The van der Waals surface area contributed by atoms with Crippen molar-refractivity contribution in [3.05, 3.63) is 0 Å². The average molecular weight is 241 g/mol. The van der Waals surface area contributed by atoms with Crippen LogP contribution in [0.3, 0.4) is 0 Å². The molecule has 2 heteroatoms. The van der Waals surface area contributed by atoms with E-state index in [1.54, 1.807) is 0 Å². The molecule has 0 aliphatic rings. The van der Waals surface area contributed by atoms with Gasteiger partial charge in [-0.1, -0.05) is 53.4 Å². The molecular weight excluding hydrogens is 210 g/mol. The van der Waals surface area contributed by atoms with Crippen LogP contribution in [0.4, 0.5) is 0 Å². The van der Waals surface area contributed by atoms with E-state index < -0.39 is 0 Å². The lowest BCUT2D eigenvalue weighted by Crippen LogP contribution is -2.23. The highest BCUT2D eigenvalue weighted by Gasteiger charge is 2.05. The van der Waals surface area contributed by atoms with E-state index in [1.165, 1.54) is 32.1 Å². The van der Waals surface area contributed by atoms with Crippen molar-refractivity contribution in [2.24, 2.45) is 5.92 Å². The molecule has 0 aromatic carbocycles. The first-order valence-corrected chi connectivity index (χ1v) is 7.30. The third kappa shape index (κ3) is 11.9. The standard InChI is InChI=1S/C15H31NO/c1-13(2)15(17)11-9-7-5-6-8-10-12-16-14(3)4/h13-14,16H,5-12H2,1-4H3. The lowest BCUT2D eigenvalue weighted by atomic mass is 10.0. The number of carbonyl (C=O) groups excluding carboxylic acids is 1. The second-order valence-electron chi connectivity index (χ2n) is 5.60. The maximum absolute atomic E-state index is 11.4. The largest absolute Gasteiger partial charge is 0.315 e. The smallest absolute Gasteiger partial charge is 0.135 e. The fraction of sp³-hybridized carbons (Fsp3) is 0.933. The number of nitrogens with one attached hydrogen (secondary N) is 1. The Bertz CT molecular complexity index is 187. The van der Waals surface area contributed by atoms with Gasteiger partial charge in [0, 0.05) is 18.4 Å². The van der Waals surface area contributed by atoms with E-state index in [0.29, 0.717) is 11.8 Å². The lowest BCUT2D eigenvalue weighted by molar-refractivity contribution is -0.122. The number of hydrogen-bond donors (Lipinski definition) is 1. The molecule has 1 N–H and O–H groups in total. The first-order valence-electron chi connectivity index (χ1n) is 7.30. The molecule has 0 unspecified atom stereocenters. The van der Waals surface area contributed by atoms with Gasteiger partial charge >= 0.3 is 0 Å². The van der Waals surface area contributed by atoms with Crippen molar-refractivity contribution in [3.8, 4) is 0 Å². The van der Waals surface area contributed by atoms with Gasteiger partial charge in [0.1, 0.15) is 5.78 Å². The van der Waals surface area contributed by atoms with Crippen molar-refractivity contribution in [2.45, 2.75) is 78.7 Å². The molecule has 2 nitrogen and oxygen atoms in total. The van der Waals surface area contributed by atoms with E-state index in [9.17, 15) is 4.79 Å². The van der Waals surface area contributed by atoms with Gasteiger partial charge in [0.05, 0.1) is 0 Å². The lowest BCUT2D eigenvalue weighted by Gasteiger charge is -2.07. The first-order chi connectivity index (χ1) is 8.04. The van der Waals surface area contributed by atoms with Gasteiger partial charge in [-0.05, 0) is 19.4 Å². The van der Waals surface area contributed by atoms with Crippen molar-refractivity contribution in [1.29, 1.82) is 0 Å². The van der Waals surface area contributed by atoms with Crippen LogP contribution in [-0.2, 0) is 4.79 Å². The van der Waals surface area contributed by atoms with Gasteiger partial charge in [-0.2, -0.15) is 0 Å². The molecular formula is C15H31NO. The molecule has 0 aromatic heterocycles. The van der Waals surface area contributed by atoms with E-state index in [1.807, 2.05) is 13.8 Å². The van der Waals surface area contributed by atoms with Crippen LogP contribution < -0.4 is 5.32 Å². The Kier molecular flexibility index (Phi) is 10.5. The Labute approximate surface area is 108 Å². The van der Waals surface area contributed by atoms with Crippen LogP contribution >= 0.6 is 0 Å². The molecule has 0 bridgehead atoms. The molecule has 17 heavy (non-hydrogen) atoms. The van der Waals surface area contributed by atoms with E-state index in [4.69, 9.17) is 0 Å². The zero-order valence-corrected chi connectivity index (χ0v) is 12.2. The van der Waals surface area contributed by atoms with Crippen molar-refractivity contribution in [1.82, 2.24) is 5.32 Å². The topological polar surface area (TPSA) is 29.1 Å². The van der Waals surface area contributed by atoms with Gasteiger partial charge in [-0.15, -0.1) is 0 Å². The SMILES string of the molecule is CC(C)NCCCCCCCCC(=O)C(C)C. The van der Waals surface area contributed by atoms with E-state index >= 15 is 0 Å². The predicted octanol–water partition coefficient (Wildman–Crippen LogP) is 3.94. The first kappa shape index (κ1) is 16.6. The third-order valence-corrected chi connectivity index (χ3v) is 3.05. The summed E-state index contributed by atoms with van der Waals surface area (Å²) in [6, 6.07) is 0.608. The molecule has 0 spiro atoms. The van der Waals surface area contributed by atoms with Gasteiger partial charge in [-0.3, -0.25) is 4.79 Å². The highest BCUT2D eigenvalue weighted by molar-refractivity contribution is 5.80. The maximum atomic E-state index is 11.4. The Morgan fingerprint density at radius 1 is 0.882 bits per heavy atom. The zero-order valence-electron chi connectivity index (χ0n) is 12.2. The van der Waals surface area contributed by atoms with Gasteiger partial charge in [-0.25, -0.2) is 0 Å². The summed E-state index contributed by atoms with van der Waals surface area (Å²) in [5.74, 6) is 0.642. The van der Waals surface area contributed by atoms with Gasteiger partial charge in [0.2, 0.25) is 0 Å². The summed E-state index contributed by atoms with van der Waals surface area (Å²) in [6.07, 6.45) is 8.29. The zero-order chi connectivity index (χ0) is 13.1. The van der Waals surface area contributed by atoms with E-state index in [2.05, 4.69) is 19.2 Å².